The quantitative estimate of drug-likeness (QED) is 0.769. The maximum absolute atomic E-state index is 12.0. The summed E-state index contributed by atoms with van der Waals surface area (Å²) >= 11 is 11.8. The molecular formula is C15H14Cl2N2O4. The van der Waals surface area contributed by atoms with Gasteiger partial charge in [-0.3, -0.25) is 4.79 Å². The van der Waals surface area contributed by atoms with E-state index in [9.17, 15) is 9.59 Å². The molecule has 0 saturated carbocycles. The Morgan fingerprint density at radius 3 is 2.61 bits per heavy atom. The van der Waals surface area contributed by atoms with Crippen LogP contribution in [0.3, 0.4) is 0 Å². The van der Waals surface area contributed by atoms with E-state index in [4.69, 9.17) is 32.5 Å². The Morgan fingerprint density at radius 1 is 1.26 bits per heavy atom. The third-order valence-electron chi connectivity index (χ3n) is 2.99. The highest BCUT2D eigenvalue weighted by Crippen LogP contribution is 2.23. The predicted molar refractivity (Wildman–Crippen MR) is 84.5 cm³/mol. The summed E-state index contributed by atoms with van der Waals surface area (Å²) in [5.41, 5.74) is 1.37. The molecule has 2 aromatic rings. The number of ether oxygens (including phenoxy) is 1. The van der Waals surface area contributed by atoms with Crippen LogP contribution in [0, 0.1) is 6.92 Å². The minimum atomic E-state index is -0.734. The van der Waals surface area contributed by atoms with E-state index in [0.717, 1.165) is 5.56 Å². The van der Waals surface area contributed by atoms with E-state index in [1.54, 1.807) is 32.2 Å². The monoisotopic (exact) mass is 356 g/mol. The molecule has 0 saturated heterocycles. The minimum Gasteiger partial charge on any atom is -0.450 e. The third-order valence-corrected chi connectivity index (χ3v) is 3.72. The Hall–Kier alpha value is -2.05. The molecule has 0 aliphatic carbocycles. The highest BCUT2D eigenvalue weighted by atomic mass is 35.5. The lowest BCUT2D eigenvalue weighted by Crippen LogP contribution is -2.30. The number of aromatic nitrogens is 1. The van der Waals surface area contributed by atoms with Gasteiger partial charge in [0.1, 0.15) is 0 Å². The van der Waals surface area contributed by atoms with Crippen molar-refractivity contribution in [1.82, 2.24) is 10.1 Å². The van der Waals surface area contributed by atoms with Crippen LogP contribution in [0.2, 0.25) is 10.0 Å². The molecule has 0 N–H and O–H groups in total. The van der Waals surface area contributed by atoms with E-state index >= 15 is 0 Å². The summed E-state index contributed by atoms with van der Waals surface area (Å²) in [7, 11) is 1.59. The van der Waals surface area contributed by atoms with E-state index in [1.807, 2.05) is 0 Å². The molecule has 0 fully saturated rings. The van der Waals surface area contributed by atoms with Crippen molar-refractivity contribution >= 4 is 35.1 Å². The molecule has 0 atom stereocenters. The molecule has 0 radical (unpaired) electrons. The van der Waals surface area contributed by atoms with Gasteiger partial charge in [0.15, 0.2) is 6.61 Å². The summed E-state index contributed by atoms with van der Waals surface area (Å²) in [6, 6.07) is 6.54. The molecule has 0 bridgehead atoms. The number of halogens is 2. The molecule has 8 heteroatoms. The number of hydrogen-bond acceptors (Lipinski definition) is 5. The number of benzene rings is 1. The van der Waals surface area contributed by atoms with Gasteiger partial charge in [-0.2, -0.15) is 0 Å². The average Bonchev–Trinajstić information content (AvgIpc) is 2.94. The van der Waals surface area contributed by atoms with Gasteiger partial charge in [0, 0.05) is 19.7 Å². The maximum atomic E-state index is 12.0. The van der Waals surface area contributed by atoms with Gasteiger partial charge in [-0.1, -0.05) is 34.4 Å². The Labute approximate surface area is 142 Å². The van der Waals surface area contributed by atoms with E-state index in [1.165, 1.54) is 11.0 Å². The SMILES string of the molecule is Cc1cc(C(=O)OCC(=O)N(C)Cc2ccc(Cl)c(Cl)c2)on1. The molecule has 0 aliphatic heterocycles. The summed E-state index contributed by atoms with van der Waals surface area (Å²) < 4.78 is 9.66. The molecule has 1 aromatic carbocycles. The Morgan fingerprint density at radius 2 is 2.00 bits per heavy atom. The highest BCUT2D eigenvalue weighted by Gasteiger charge is 2.17. The second-order valence-electron chi connectivity index (χ2n) is 4.91. The molecule has 0 aliphatic rings. The number of rotatable bonds is 5. The first kappa shape index (κ1) is 17.3. The normalized spacial score (nSPS) is 10.4. The Balaban J connectivity index is 1.87. The first-order valence-electron chi connectivity index (χ1n) is 6.65. The van der Waals surface area contributed by atoms with Gasteiger partial charge in [0.2, 0.25) is 5.76 Å². The van der Waals surface area contributed by atoms with Crippen molar-refractivity contribution in [3.8, 4) is 0 Å². The van der Waals surface area contributed by atoms with Crippen LogP contribution in [-0.2, 0) is 16.1 Å². The van der Waals surface area contributed by atoms with Crippen molar-refractivity contribution in [2.45, 2.75) is 13.5 Å². The number of carbonyl (C=O) groups excluding carboxylic acids is 2. The van der Waals surface area contributed by atoms with Crippen molar-refractivity contribution < 1.29 is 18.8 Å². The Bertz CT molecular complexity index is 730. The molecular weight excluding hydrogens is 343 g/mol. The van der Waals surface area contributed by atoms with Crippen molar-refractivity contribution in [3.63, 3.8) is 0 Å². The number of amides is 1. The van der Waals surface area contributed by atoms with Crippen LogP contribution in [0.1, 0.15) is 21.8 Å². The van der Waals surface area contributed by atoms with Gasteiger partial charge in [0.05, 0.1) is 15.7 Å². The van der Waals surface area contributed by atoms with Crippen LogP contribution < -0.4 is 0 Å². The lowest BCUT2D eigenvalue weighted by Gasteiger charge is -2.17. The predicted octanol–water partition coefficient (Wildman–Crippen LogP) is 3.11. The smallest absolute Gasteiger partial charge is 0.377 e. The van der Waals surface area contributed by atoms with Crippen LogP contribution in [-0.4, -0.2) is 35.6 Å². The summed E-state index contributed by atoms with van der Waals surface area (Å²) in [5.74, 6) is -1.13. The summed E-state index contributed by atoms with van der Waals surface area (Å²) in [6.45, 7) is 1.60. The zero-order valence-corrected chi connectivity index (χ0v) is 14.0. The fourth-order valence-electron chi connectivity index (χ4n) is 1.77. The van der Waals surface area contributed by atoms with Crippen LogP contribution in [0.25, 0.3) is 0 Å². The zero-order chi connectivity index (χ0) is 17.0. The first-order chi connectivity index (χ1) is 10.9. The van der Waals surface area contributed by atoms with Gasteiger partial charge in [-0.05, 0) is 24.6 Å². The minimum absolute atomic E-state index is 0.0394. The van der Waals surface area contributed by atoms with Gasteiger partial charge < -0.3 is 14.2 Å². The van der Waals surface area contributed by atoms with Crippen LogP contribution >= 0.6 is 23.2 Å². The van der Waals surface area contributed by atoms with Gasteiger partial charge in [0.25, 0.3) is 5.91 Å². The molecule has 6 nitrogen and oxygen atoms in total. The lowest BCUT2D eigenvalue weighted by molar-refractivity contribution is -0.133. The molecule has 0 unspecified atom stereocenters. The average molecular weight is 357 g/mol. The summed E-state index contributed by atoms with van der Waals surface area (Å²) in [4.78, 5) is 25.1. The number of carbonyl (C=O) groups is 2. The number of hydrogen-bond donors (Lipinski definition) is 0. The van der Waals surface area contributed by atoms with Gasteiger partial charge in [-0.25, -0.2) is 4.79 Å². The Kier molecular flexibility index (Phi) is 5.63. The van der Waals surface area contributed by atoms with Crippen molar-refractivity contribution in [3.05, 3.63) is 51.3 Å². The number of nitrogens with zero attached hydrogens (tertiary/aromatic N) is 2. The summed E-state index contributed by atoms with van der Waals surface area (Å²) in [6.07, 6.45) is 0. The van der Waals surface area contributed by atoms with E-state index < -0.39 is 12.6 Å². The number of likely N-dealkylation sites (N-methyl/N-ethyl adjacent to an activating group) is 1. The van der Waals surface area contributed by atoms with Crippen molar-refractivity contribution in [1.29, 1.82) is 0 Å². The summed E-state index contributed by atoms with van der Waals surface area (Å²) in [5, 5.41) is 4.44. The second-order valence-corrected chi connectivity index (χ2v) is 5.72. The second kappa shape index (κ2) is 7.48. The number of esters is 1. The molecule has 1 heterocycles. The van der Waals surface area contributed by atoms with E-state index in [-0.39, 0.29) is 11.7 Å². The highest BCUT2D eigenvalue weighted by molar-refractivity contribution is 6.42. The molecule has 1 amide bonds. The molecule has 2 rings (SSSR count). The molecule has 122 valence electrons. The van der Waals surface area contributed by atoms with Crippen LogP contribution in [0.5, 0.6) is 0 Å². The first-order valence-corrected chi connectivity index (χ1v) is 7.40. The van der Waals surface area contributed by atoms with E-state index in [0.29, 0.717) is 22.3 Å². The lowest BCUT2D eigenvalue weighted by atomic mass is 10.2. The third kappa shape index (κ3) is 4.71. The molecule has 23 heavy (non-hydrogen) atoms. The fourth-order valence-corrected chi connectivity index (χ4v) is 2.09. The van der Waals surface area contributed by atoms with Gasteiger partial charge in [-0.15, -0.1) is 0 Å². The largest absolute Gasteiger partial charge is 0.450 e. The van der Waals surface area contributed by atoms with Crippen LogP contribution in [0.4, 0.5) is 0 Å². The molecule has 0 spiro atoms. The number of aryl methyl sites for hydroxylation is 1. The standard InChI is InChI=1S/C15H14Cl2N2O4/c1-9-5-13(23-18-9)15(21)22-8-14(20)19(2)7-10-3-4-11(16)12(17)6-10/h3-6H,7-8H2,1-2H3. The zero-order valence-electron chi connectivity index (χ0n) is 12.5. The maximum Gasteiger partial charge on any atom is 0.377 e. The van der Waals surface area contributed by atoms with Crippen LogP contribution in [0.15, 0.2) is 28.8 Å². The van der Waals surface area contributed by atoms with Gasteiger partial charge >= 0.3 is 5.97 Å². The van der Waals surface area contributed by atoms with Crippen molar-refractivity contribution in [2.75, 3.05) is 13.7 Å². The topological polar surface area (TPSA) is 72.6 Å². The van der Waals surface area contributed by atoms with Crippen molar-refractivity contribution in [2.24, 2.45) is 0 Å². The fraction of sp³-hybridized carbons (Fsp3) is 0.267. The van der Waals surface area contributed by atoms with E-state index in [2.05, 4.69) is 5.16 Å². The molecule has 1 aromatic heterocycles.